The molecule has 1 N–H and O–H groups in total. The van der Waals surface area contributed by atoms with Crippen molar-refractivity contribution in [2.45, 2.75) is 23.0 Å². The van der Waals surface area contributed by atoms with Gasteiger partial charge in [0.15, 0.2) is 0 Å². The average molecular weight is 330 g/mol. The Labute approximate surface area is 129 Å². The third kappa shape index (κ3) is 3.52. The number of hydrogen-bond acceptors (Lipinski definition) is 5. The van der Waals surface area contributed by atoms with E-state index in [1.54, 1.807) is 13.0 Å². The van der Waals surface area contributed by atoms with E-state index in [-0.39, 0.29) is 5.69 Å². The largest absolute Gasteiger partial charge is 0.388 e. The summed E-state index contributed by atoms with van der Waals surface area (Å²) in [4.78, 5) is 11.2. The Balaban J connectivity index is 2.20. The molecule has 4 nitrogen and oxygen atoms in total. The van der Waals surface area contributed by atoms with E-state index in [2.05, 4.69) is 0 Å². The lowest BCUT2D eigenvalue weighted by atomic mass is 10.2. The van der Waals surface area contributed by atoms with E-state index in [0.717, 1.165) is 5.56 Å². The van der Waals surface area contributed by atoms with E-state index in [4.69, 9.17) is 11.6 Å². The first-order chi connectivity index (χ1) is 9.49. The second-order valence-electron chi connectivity index (χ2n) is 4.13. The molecule has 0 aliphatic rings. The van der Waals surface area contributed by atoms with E-state index < -0.39 is 11.0 Å². The molecule has 106 valence electrons. The zero-order valence-corrected chi connectivity index (χ0v) is 13.0. The van der Waals surface area contributed by atoms with Gasteiger partial charge in [-0.3, -0.25) is 10.1 Å². The monoisotopic (exact) mass is 329 g/mol. The quantitative estimate of drug-likeness (QED) is 0.492. The highest BCUT2D eigenvalue weighted by Crippen LogP contribution is 2.41. The molecule has 0 spiro atoms. The summed E-state index contributed by atoms with van der Waals surface area (Å²) >= 11 is 8.68. The van der Waals surface area contributed by atoms with Crippen LogP contribution in [0.5, 0.6) is 0 Å². The maximum Gasteiger partial charge on any atom is 0.294 e. The molecule has 0 unspecified atom stereocenters. The minimum Gasteiger partial charge on any atom is -0.388 e. The van der Waals surface area contributed by atoms with Crippen molar-refractivity contribution in [1.82, 2.24) is 0 Å². The molecule has 2 aromatic rings. The van der Waals surface area contributed by atoms with Crippen LogP contribution in [0.15, 0.2) is 34.5 Å². The predicted molar refractivity (Wildman–Crippen MR) is 82.6 cm³/mol. The summed E-state index contributed by atoms with van der Waals surface area (Å²) in [5.41, 5.74) is 0.975. The van der Waals surface area contributed by atoms with E-state index in [1.807, 2.05) is 18.2 Å². The van der Waals surface area contributed by atoms with Crippen LogP contribution in [0.3, 0.4) is 0 Å². The van der Waals surface area contributed by atoms with Crippen molar-refractivity contribution in [3.8, 4) is 0 Å². The molecule has 0 aliphatic carbocycles. The second kappa shape index (κ2) is 6.58. The van der Waals surface area contributed by atoms with Crippen LogP contribution in [0, 0.1) is 10.1 Å². The van der Waals surface area contributed by atoms with E-state index in [9.17, 15) is 15.2 Å². The third-order valence-corrected chi connectivity index (χ3v) is 5.61. The topological polar surface area (TPSA) is 63.4 Å². The molecule has 0 bridgehead atoms. The van der Waals surface area contributed by atoms with Crippen molar-refractivity contribution < 1.29 is 10.0 Å². The van der Waals surface area contributed by atoms with Crippen molar-refractivity contribution >= 4 is 40.4 Å². The van der Waals surface area contributed by atoms with Crippen LogP contribution in [0.2, 0.25) is 5.02 Å². The van der Waals surface area contributed by atoms with E-state index in [0.29, 0.717) is 19.9 Å². The lowest BCUT2D eigenvalue weighted by Crippen LogP contribution is -1.88. The molecule has 1 atom stereocenters. The molecule has 1 heterocycles. The maximum atomic E-state index is 11.0. The molecule has 1 aromatic carbocycles. The Morgan fingerprint density at radius 1 is 1.50 bits per heavy atom. The van der Waals surface area contributed by atoms with Gasteiger partial charge in [-0.05, 0) is 18.6 Å². The van der Waals surface area contributed by atoms with Crippen molar-refractivity contribution in [3.63, 3.8) is 0 Å². The first kappa shape index (κ1) is 15.3. The number of nitro groups is 1. The average Bonchev–Trinajstić information content (AvgIpc) is 2.82. The number of aliphatic hydroxyl groups is 1. The molecule has 1 aromatic heterocycles. The van der Waals surface area contributed by atoms with E-state index in [1.165, 1.54) is 29.2 Å². The molecule has 0 aliphatic heterocycles. The SMILES string of the molecule is C[C@@H](O)c1cc([N+](=O)[O-])c(SCc2ccccc2Cl)s1. The molecule has 0 saturated carbocycles. The van der Waals surface area contributed by atoms with Crippen LogP contribution in [0.4, 0.5) is 5.69 Å². The summed E-state index contributed by atoms with van der Waals surface area (Å²) in [6, 6.07) is 8.84. The summed E-state index contributed by atoms with van der Waals surface area (Å²) in [6.07, 6.45) is -0.701. The summed E-state index contributed by atoms with van der Waals surface area (Å²) in [7, 11) is 0. The van der Waals surface area contributed by atoms with Gasteiger partial charge in [-0.25, -0.2) is 0 Å². The number of aliphatic hydroxyl groups excluding tert-OH is 1. The Hall–Kier alpha value is -1.08. The Morgan fingerprint density at radius 3 is 2.80 bits per heavy atom. The standard InChI is InChI=1S/C13H12ClNO3S2/c1-8(16)12-6-11(15(17)18)13(20-12)19-7-9-4-2-3-5-10(9)14/h2-6,8,16H,7H2,1H3/t8-/m1/s1. The zero-order chi connectivity index (χ0) is 14.7. The number of hydrogen-bond donors (Lipinski definition) is 1. The molecular formula is C13H12ClNO3S2. The molecule has 0 amide bonds. The van der Waals surface area contributed by atoms with Gasteiger partial charge in [-0.15, -0.1) is 23.1 Å². The fourth-order valence-corrected chi connectivity index (χ4v) is 4.17. The third-order valence-electron chi connectivity index (χ3n) is 2.62. The summed E-state index contributed by atoms with van der Waals surface area (Å²) < 4.78 is 0.589. The molecule has 0 radical (unpaired) electrons. The number of benzene rings is 1. The number of rotatable bonds is 5. The number of halogens is 1. The molecule has 20 heavy (non-hydrogen) atoms. The fraction of sp³-hybridized carbons (Fsp3) is 0.231. The predicted octanol–water partition coefficient (Wildman–Crippen LogP) is 4.66. The van der Waals surface area contributed by atoms with Crippen LogP contribution in [-0.2, 0) is 5.75 Å². The summed E-state index contributed by atoms with van der Waals surface area (Å²) in [5, 5.41) is 21.2. The van der Waals surface area contributed by atoms with Gasteiger partial charge < -0.3 is 5.11 Å². The minimum absolute atomic E-state index is 0.0444. The summed E-state index contributed by atoms with van der Waals surface area (Å²) in [5.74, 6) is 0.556. The Morgan fingerprint density at radius 2 is 2.20 bits per heavy atom. The zero-order valence-electron chi connectivity index (χ0n) is 10.6. The molecule has 2 rings (SSSR count). The Kier molecular flexibility index (Phi) is 5.04. The Bertz CT molecular complexity index is 628. The molecule has 0 fully saturated rings. The van der Waals surface area contributed by atoms with Crippen LogP contribution in [0.1, 0.15) is 23.5 Å². The van der Waals surface area contributed by atoms with Gasteiger partial charge in [-0.1, -0.05) is 29.8 Å². The van der Waals surface area contributed by atoms with Crippen molar-refractivity contribution in [1.29, 1.82) is 0 Å². The molecular weight excluding hydrogens is 318 g/mol. The first-order valence-electron chi connectivity index (χ1n) is 5.81. The smallest absolute Gasteiger partial charge is 0.294 e. The number of thioether (sulfide) groups is 1. The van der Waals surface area contributed by atoms with E-state index >= 15 is 0 Å². The number of nitrogens with zero attached hydrogens (tertiary/aromatic N) is 1. The highest BCUT2D eigenvalue weighted by molar-refractivity contribution is 8.00. The van der Waals surface area contributed by atoms with Crippen molar-refractivity contribution in [2.75, 3.05) is 0 Å². The van der Waals surface area contributed by atoms with Gasteiger partial charge in [0.25, 0.3) is 5.69 Å². The van der Waals surface area contributed by atoms with Gasteiger partial charge in [0.05, 0.1) is 11.0 Å². The lowest BCUT2D eigenvalue weighted by molar-refractivity contribution is -0.387. The van der Waals surface area contributed by atoms with Crippen molar-refractivity contribution in [3.05, 3.63) is 55.9 Å². The fourth-order valence-electron chi connectivity index (χ4n) is 1.58. The van der Waals surface area contributed by atoms with Gasteiger partial charge in [0.2, 0.25) is 0 Å². The van der Waals surface area contributed by atoms with Gasteiger partial charge in [0.1, 0.15) is 4.21 Å². The lowest BCUT2D eigenvalue weighted by Gasteiger charge is -2.02. The first-order valence-corrected chi connectivity index (χ1v) is 7.99. The normalized spacial score (nSPS) is 12.3. The van der Waals surface area contributed by atoms with Gasteiger partial charge >= 0.3 is 0 Å². The highest BCUT2D eigenvalue weighted by atomic mass is 35.5. The molecule has 7 heteroatoms. The minimum atomic E-state index is -0.701. The van der Waals surface area contributed by atoms with Crippen LogP contribution in [-0.4, -0.2) is 10.0 Å². The number of thiophene rings is 1. The van der Waals surface area contributed by atoms with Gasteiger partial charge in [-0.2, -0.15) is 0 Å². The maximum absolute atomic E-state index is 11.0. The van der Waals surface area contributed by atoms with Gasteiger partial charge in [0, 0.05) is 21.7 Å². The summed E-state index contributed by atoms with van der Waals surface area (Å²) in [6.45, 7) is 1.60. The molecule has 0 saturated heterocycles. The highest BCUT2D eigenvalue weighted by Gasteiger charge is 2.21. The van der Waals surface area contributed by atoms with Crippen LogP contribution in [0.25, 0.3) is 0 Å². The van der Waals surface area contributed by atoms with Crippen LogP contribution < -0.4 is 0 Å². The van der Waals surface area contributed by atoms with Crippen LogP contribution >= 0.6 is 34.7 Å². The second-order valence-corrected chi connectivity index (χ2v) is 6.87. The van der Waals surface area contributed by atoms with Crippen molar-refractivity contribution in [2.24, 2.45) is 0 Å².